The molecule has 100 valence electrons. The van der Waals surface area contributed by atoms with Crippen molar-refractivity contribution in [3.05, 3.63) is 58.0 Å². The lowest BCUT2D eigenvalue weighted by atomic mass is 9.92. The van der Waals surface area contributed by atoms with Crippen LogP contribution in [0, 0.1) is 5.82 Å². The third-order valence-corrected chi connectivity index (χ3v) is 3.92. The number of carboxylic acid groups (broad SMARTS) is 1. The number of rotatable bonds is 5. The van der Waals surface area contributed by atoms with Crippen LogP contribution >= 0.6 is 11.3 Å². The number of carboxylic acids is 1. The zero-order chi connectivity index (χ0) is 13.9. The molecule has 2 aromatic rings. The van der Waals surface area contributed by atoms with E-state index in [1.807, 2.05) is 17.5 Å². The lowest BCUT2D eigenvalue weighted by molar-refractivity contribution is -0.144. The van der Waals surface area contributed by atoms with Crippen molar-refractivity contribution in [3.8, 4) is 0 Å². The van der Waals surface area contributed by atoms with Crippen LogP contribution < -0.4 is 5.32 Å². The molecule has 1 unspecified atom stereocenters. The van der Waals surface area contributed by atoms with Crippen LogP contribution in [0.15, 0.2) is 41.8 Å². The molecule has 1 aromatic carbocycles. The van der Waals surface area contributed by atoms with Gasteiger partial charge in [0.1, 0.15) is 11.4 Å². The monoisotopic (exact) mass is 279 g/mol. The SMILES string of the molecule is CC(NCc1cccs1)(C(=O)O)c1ccc(F)cc1. The molecule has 0 bridgehead atoms. The van der Waals surface area contributed by atoms with Gasteiger partial charge >= 0.3 is 5.97 Å². The highest BCUT2D eigenvalue weighted by molar-refractivity contribution is 7.09. The van der Waals surface area contributed by atoms with Crippen molar-refractivity contribution in [1.82, 2.24) is 5.32 Å². The van der Waals surface area contributed by atoms with E-state index in [0.717, 1.165) is 4.88 Å². The molecule has 0 saturated heterocycles. The minimum atomic E-state index is -1.24. The number of carbonyl (C=O) groups is 1. The van der Waals surface area contributed by atoms with Gasteiger partial charge in [-0.05, 0) is 36.1 Å². The second-order valence-corrected chi connectivity index (χ2v) is 5.40. The Morgan fingerprint density at radius 3 is 2.58 bits per heavy atom. The molecule has 3 nitrogen and oxygen atoms in total. The van der Waals surface area contributed by atoms with E-state index < -0.39 is 11.5 Å². The number of aliphatic carboxylic acids is 1. The topological polar surface area (TPSA) is 49.3 Å². The summed E-state index contributed by atoms with van der Waals surface area (Å²) >= 11 is 1.56. The quantitative estimate of drug-likeness (QED) is 0.884. The molecule has 1 atom stereocenters. The summed E-state index contributed by atoms with van der Waals surface area (Å²) in [5, 5.41) is 14.4. The molecule has 2 rings (SSSR count). The van der Waals surface area contributed by atoms with Gasteiger partial charge in [0.25, 0.3) is 0 Å². The Balaban J connectivity index is 2.22. The van der Waals surface area contributed by atoms with Crippen LogP contribution in [0.1, 0.15) is 17.4 Å². The fourth-order valence-electron chi connectivity index (χ4n) is 1.76. The van der Waals surface area contributed by atoms with Crippen LogP contribution in [-0.2, 0) is 16.9 Å². The van der Waals surface area contributed by atoms with Crippen LogP contribution in [0.4, 0.5) is 4.39 Å². The molecular weight excluding hydrogens is 265 g/mol. The van der Waals surface area contributed by atoms with Gasteiger partial charge in [-0.15, -0.1) is 11.3 Å². The molecule has 0 spiro atoms. The molecule has 0 fully saturated rings. The van der Waals surface area contributed by atoms with Gasteiger partial charge in [-0.3, -0.25) is 5.32 Å². The summed E-state index contributed by atoms with van der Waals surface area (Å²) in [5.74, 6) is -1.37. The minimum absolute atomic E-state index is 0.380. The van der Waals surface area contributed by atoms with E-state index in [0.29, 0.717) is 12.1 Å². The van der Waals surface area contributed by atoms with E-state index in [9.17, 15) is 14.3 Å². The minimum Gasteiger partial charge on any atom is -0.480 e. The van der Waals surface area contributed by atoms with Gasteiger partial charge < -0.3 is 5.11 Å². The van der Waals surface area contributed by atoms with E-state index in [1.165, 1.54) is 24.3 Å². The van der Waals surface area contributed by atoms with Gasteiger partial charge in [-0.1, -0.05) is 18.2 Å². The Bertz CT molecular complexity index is 553. The van der Waals surface area contributed by atoms with Gasteiger partial charge in [-0.25, -0.2) is 9.18 Å². The van der Waals surface area contributed by atoms with Crippen molar-refractivity contribution in [1.29, 1.82) is 0 Å². The molecule has 0 aliphatic carbocycles. The van der Waals surface area contributed by atoms with Crippen molar-refractivity contribution < 1.29 is 14.3 Å². The predicted molar refractivity (Wildman–Crippen MR) is 72.5 cm³/mol. The highest BCUT2D eigenvalue weighted by atomic mass is 32.1. The van der Waals surface area contributed by atoms with Crippen molar-refractivity contribution in [2.24, 2.45) is 0 Å². The summed E-state index contributed by atoms with van der Waals surface area (Å²) in [6.07, 6.45) is 0. The van der Waals surface area contributed by atoms with Crippen molar-refractivity contribution >= 4 is 17.3 Å². The molecular formula is C14H14FNO2S. The van der Waals surface area contributed by atoms with E-state index in [1.54, 1.807) is 18.3 Å². The molecule has 0 aliphatic rings. The third-order valence-electron chi connectivity index (χ3n) is 3.05. The molecule has 0 amide bonds. The predicted octanol–water partition coefficient (Wildman–Crippen LogP) is 2.98. The summed E-state index contributed by atoms with van der Waals surface area (Å²) < 4.78 is 12.9. The van der Waals surface area contributed by atoms with Crippen LogP contribution in [0.2, 0.25) is 0 Å². The number of hydrogen-bond acceptors (Lipinski definition) is 3. The highest BCUT2D eigenvalue weighted by Crippen LogP contribution is 2.23. The zero-order valence-electron chi connectivity index (χ0n) is 10.4. The Morgan fingerprint density at radius 1 is 1.37 bits per heavy atom. The second kappa shape index (κ2) is 5.50. The fourth-order valence-corrected chi connectivity index (χ4v) is 2.41. The summed E-state index contributed by atoms with van der Waals surface area (Å²) in [4.78, 5) is 12.6. The smallest absolute Gasteiger partial charge is 0.328 e. The van der Waals surface area contributed by atoms with Crippen LogP contribution in [0.3, 0.4) is 0 Å². The van der Waals surface area contributed by atoms with Crippen LogP contribution in [-0.4, -0.2) is 11.1 Å². The van der Waals surface area contributed by atoms with Gasteiger partial charge in [-0.2, -0.15) is 0 Å². The maximum atomic E-state index is 12.9. The molecule has 0 saturated carbocycles. The molecule has 2 N–H and O–H groups in total. The van der Waals surface area contributed by atoms with E-state index >= 15 is 0 Å². The number of halogens is 1. The summed E-state index contributed by atoms with van der Waals surface area (Å²) in [6, 6.07) is 9.37. The average molecular weight is 279 g/mol. The second-order valence-electron chi connectivity index (χ2n) is 4.37. The zero-order valence-corrected chi connectivity index (χ0v) is 11.2. The van der Waals surface area contributed by atoms with Gasteiger partial charge in [0, 0.05) is 11.4 Å². The Morgan fingerprint density at radius 2 is 2.05 bits per heavy atom. The fraction of sp³-hybridized carbons (Fsp3) is 0.214. The van der Waals surface area contributed by atoms with Crippen molar-refractivity contribution in [2.75, 3.05) is 0 Å². The lowest BCUT2D eigenvalue weighted by Crippen LogP contribution is -2.46. The first-order valence-electron chi connectivity index (χ1n) is 5.79. The molecule has 1 heterocycles. The van der Waals surface area contributed by atoms with E-state index in [2.05, 4.69) is 5.32 Å². The standard InChI is InChI=1S/C14H14FNO2S/c1-14(13(17)18,10-4-6-11(15)7-5-10)16-9-12-3-2-8-19-12/h2-8,16H,9H2,1H3,(H,17,18). The van der Waals surface area contributed by atoms with Crippen LogP contribution in [0.25, 0.3) is 0 Å². The lowest BCUT2D eigenvalue weighted by Gasteiger charge is -2.26. The Labute approximate surface area is 114 Å². The number of hydrogen-bond donors (Lipinski definition) is 2. The third kappa shape index (κ3) is 3.00. The van der Waals surface area contributed by atoms with E-state index in [4.69, 9.17) is 0 Å². The average Bonchev–Trinajstić information content (AvgIpc) is 2.89. The number of thiophene rings is 1. The molecule has 1 aromatic heterocycles. The first kappa shape index (κ1) is 13.7. The molecule has 19 heavy (non-hydrogen) atoms. The number of benzene rings is 1. The van der Waals surface area contributed by atoms with E-state index in [-0.39, 0.29) is 5.82 Å². The summed E-state index contributed by atoms with van der Waals surface area (Å²) in [6.45, 7) is 2.04. The van der Waals surface area contributed by atoms with Crippen molar-refractivity contribution in [3.63, 3.8) is 0 Å². The van der Waals surface area contributed by atoms with Gasteiger partial charge in [0.2, 0.25) is 0 Å². The van der Waals surface area contributed by atoms with Gasteiger partial charge in [0.05, 0.1) is 0 Å². The Hall–Kier alpha value is -1.72. The van der Waals surface area contributed by atoms with Gasteiger partial charge in [0.15, 0.2) is 0 Å². The normalized spacial score (nSPS) is 14.0. The van der Waals surface area contributed by atoms with Crippen molar-refractivity contribution in [2.45, 2.75) is 19.0 Å². The first-order valence-corrected chi connectivity index (χ1v) is 6.67. The maximum absolute atomic E-state index is 12.9. The molecule has 5 heteroatoms. The molecule has 0 aliphatic heterocycles. The number of nitrogens with one attached hydrogen (secondary N) is 1. The molecule has 0 radical (unpaired) electrons. The highest BCUT2D eigenvalue weighted by Gasteiger charge is 2.34. The largest absolute Gasteiger partial charge is 0.480 e. The summed E-state index contributed by atoms with van der Waals surface area (Å²) in [5.41, 5.74) is -0.713. The first-order chi connectivity index (χ1) is 9.02. The summed E-state index contributed by atoms with van der Waals surface area (Å²) in [7, 11) is 0. The Kier molecular flexibility index (Phi) is 3.97. The maximum Gasteiger partial charge on any atom is 0.328 e. The van der Waals surface area contributed by atoms with Crippen LogP contribution in [0.5, 0.6) is 0 Å².